The lowest BCUT2D eigenvalue weighted by molar-refractivity contribution is 0.0526. The second kappa shape index (κ2) is 6.24. The third-order valence-electron chi connectivity index (χ3n) is 3.15. The van der Waals surface area contributed by atoms with E-state index < -0.39 is 0 Å². The number of rotatable bonds is 4. The van der Waals surface area contributed by atoms with Crippen molar-refractivity contribution < 1.29 is 9.53 Å². The van der Waals surface area contributed by atoms with Crippen LogP contribution < -0.4 is 5.32 Å². The zero-order chi connectivity index (χ0) is 14.5. The molecule has 0 spiro atoms. The van der Waals surface area contributed by atoms with Crippen molar-refractivity contribution in [3.63, 3.8) is 0 Å². The first-order valence-electron chi connectivity index (χ1n) is 6.72. The van der Waals surface area contributed by atoms with Crippen LogP contribution in [0.2, 0.25) is 0 Å². The summed E-state index contributed by atoms with van der Waals surface area (Å²) in [5.74, 6) is -0.286. The van der Waals surface area contributed by atoms with Gasteiger partial charge in [-0.05, 0) is 56.2 Å². The van der Waals surface area contributed by atoms with Crippen LogP contribution in [0.4, 0.5) is 11.4 Å². The maximum absolute atomic E-state index is 11.6. The Bertz CT molecular complexity index is 583. The van der Waals surface area contributed by atoms with Gasteiger partial charge in [0.25, 0.3) is 0 Å². The van der Waals surface area contributed by atoms with Crippen LogP contribution in [0.5, 0.6) is 0 Å². The third kappa shape index (κ3) is 3.18. The highest BCUT2D eigenvalue weighted by Gasteiger charge is 2.06. The molecule has 0 aliphatic heterocycles. The Labute approximate surface area is 119 Å². The van der Waals surface area contributed by atoms with Gasteiger partial charge in [0, 0.05) is 11.4 Å². The van der Waals surface area contributed by atoms with Gasteiger partial charge in [0.1, 0.15) is 0 Å². The predicted molar refractivity (Wildman–Crippen MR) is 81.6 cm³/mol. The lowest BCUT2D eigenvalue weighted by Crippen LogP contribution is -2.04. The maximum atomic E-state index is 11.6. The smallest absolute Gasteiger partial charge is 0.338 e. The molecule has 0 aromatic heterocycles. The summed E-state index contributed by atoms with van der Waals surface area (Å²) in [5.41, 5.74) is 5.02. The monoisotopic (exact) mass is 269 g/mol. The van der Waals surface area contributed by atoms with Gasteiger partial charge in [-0.15, -0.1) is 0 Å². The molecular formula is C17H19NO2. The number of carbonyl (C=O) groups is 1. The topological polar surface area (TPSA) is 38.3 Å². The Balaban J connectivity index is 2.17. The van der Waals surface area contributed by atoms with Crippen LogP contribution in [0.15, 0.2) is 42.5 Å². The van der Waals surface area contributed by atoms with E-state index in [-0.39, 0.29) is 5.97 Å². The minimum Gasteiger partial charge on any atom is -0.462 e. The molecule has 0 saturated carbocycles. The molecule has 104 valence electrons. The van der Waals surface area contributed by atoms with E-state index in [1.807, 2.05) is 18.2 Å². The maximum Gasteiger partial charge on any atom is 0.338 e. The Kier molecular flexibility index (Phi) is 4.41. The number of benzene rings is 2. The number of hydrogen-bond donors (Lipinski definition) is 1. The summed E-state index contributed by atoms with van der Waals surface area (Å²) >= 11 is 0. The lowest BCUT2D eigenvalue weighted by Gasteiger charge is -2.13. The van der Waals surface area contributed by atoms with E-state index in [0.717, 1.165) is 11.4 Å². The minimum absolute atomic E-state index is 0.286. The first-order chi connectivity index (χ1) is 9.61. The zero-order valence-electron chi connectivity index (χ0n) is 12.1. The Morgan fingerprint density at radius 2 is 1.65 bits per heavy atom. The fraction of sp³-hybridized carbons (Fsp3) is 0.235. The van der Waals surface area contributed by atoms with Gasteiger partial charge in [0.15, 0.2) is 0 Å². The van der Waals surface area contributed by atoms with Gasteiger partial charge in [0.05, 0.1) is 12.2 Å². The number of esters is 1. The summed E-state index contributed by atoms with van der Waals surface area (Å²) in [6, 6.07) is 13.5. The predicted octanol–water partition coefficient (Wildman–Crippen LogP) is 4.22. The molecule has 0 radical (unpaired) electrons. The van der Waals surface area contributed by atoms with Gasteiger partial charge in [0.2, 0.25) is 0 Å². The average Bonchev–Trinajstić information content (AvgIpc) is 2.44. The third-order valence-corrected chi connectivity index (χ3v) is 3.15. The molecule has 2 aromatic carbocycles. The van der Waals surface area contributed by atoms with Crippen LogP contribution in [0.25, 0.3) is 0 Å². The molecule has 0 atom stereocenters. The number of nitrogens with one attached hydrogen (secondary N) is 1. The Hall–Kier alpha value is -2.29. The van der Waals surface area contributed by atoms with Gasteiger partial charge < -0.3 is 10.1 Å². The van der Waals surface area contributed by atoms with Crippen molar-refractivity contribution in [2.24, 2.45) is 0 Å². The molecule has 2 aromatic rings. The highest BCUT2D eigenvalue weighted by atomic mass is 16.5. The second-order valence-electron chi connectivity index (χ2n) is 4.69. The fourth-order valence-electron chi connectivity index (χ4n) is 2.06. The Morgan fingerprint density at radius 3 is 2.20 bits per heavy atom. The van der Waals surface area contributed by atoms with Crippen LogP contribution in [0, 0.1) is 13.8 Å². The zero-order valence-corrected chi connectivity index (χ0v) is 12.1. The minimum atomic E-state index is -0.286. The van der Waals surface area contributed by atoms with Crippen molar-refractivity contribution in [3.05, 3.63) is 59.2 Å². The van der Waals surface area contributed by atoms with Crippen LogP contribution in [0.1, 0.15) is 28.4 Å². The highest BCUT2D eigenvalue weighted by molar-refractivity contribution is 5.90. The highest BCUT2D eigenvalue weighted by Crippen LogP contribution is 2.24. The Morgan fingerprint density at radius 1 is 1.05 bits per heavy atom. The molecule has 0 saturated heterocycles. The van der Waals surface area contributed by atoms with Crippen molar-refractivity contribution >= 4 is 17.3 Å². The van der Waals surface area contributed by atoms with Crippen molar-refractivity contribution in [1.29, 1.82) is 0 Å². The van der Waals surface area contributed by atoms with Crippen molar-refractivity contribution in [3.8, 4) is 0 Å². The van der Waals surface area contributed by atoms with E-state index in [2.05, 4.69) is 31.3 Å². The molecule has 0 bridgehead atoms. The molecular weight excluding hydrogens is 250 g/mol. The summed E-state index contributed by atoms with van der Waals surface area (Å²) in [5, 5.41) is 3.39. The van der Waals surface area contributed by atoms with Gasteiger partial charge in [-0.3, -0.25) is 0 Å². The first-order valence-corrected chi connectivity index (χ1v) is 6.72. The molecule has 0 aliphatic rings. The van der Waals surface area contributed by atoms with E-state index in [1.54, 1.807) is 19.1 Å². The van der Waals surface area contributed by atoms with Crippen molar-refractivity contribution in [1.82, 2.24) is 0 Å². The molecule has 3 heteroatoms. The van der Waals surface area contributed by atoms with Gasteiger partial charge in [-0.2, -0.15) is 0 Å². The van der Waals surface area contributed by atoms with Crippen LogP contribution in [-0.2, 0) is 4.74 Å². The number of para-hydroxylation sites is 1. The van der Waals surface area contributed by atoms with Crippen LogP contribution in [0.3, 0.4) is 0 Å². The largest absolute Gasteiger partial charge is 0.462 e. The molecule has 3 nitrogen and oxygen atoms in total. The van der Waals surface area contributed by atoms with E-state index in [4.69, 9.17) is 4.74 Å². The van der Waals surface area contributed by atoms with E-state index >= 15 is 0 Å². The van der Waals surface area contributed by atoms with E-state index in [9.17, 15) is 4.79 Å². The molecule has 0 unspecified atom stereocenters. The molecule has 0 amide bonds. The SMILES string of the molecule is CCOC(=O)c1ccc(Nc2c(C)cccc2C)cc1. The molecule has 0 heterocycles. The van der Waals surface area contributed by atoms with Crippen LogP contribution in [-0.4, -0.2) is 12.6 Å². The van der Waals surface area contributed by atoms with Gasteiger partial charge >= 0.3 is 5.97 Å². The summed E-state index contributed by atoms with van der Waals surface area (Å²) in [6.45, 7) is 6.33. The molecule has 0 aliphatic carbocycles. The second-order valence-corrected chi connectivity index (χ2v) is 4.69. The number of ether oxygens (including phenoxy) is 1. The van der Waals surface area contributed by atoms with Crippen molar-refractivity contribution in [2.75, 3.05) is 11.9 Å². The number of hydrogen-bond acceptors (Lipinski definition) is 3. The summed E-state index contributed by atoms with van der Waals surface area (Å²) in [4.78, 5) is 11.6. The summed E-state index contributed by atoms with van der Waals surface area (Å²) in [7, 11) is 0. The van der Waals surface area contributed by atoms with E-state index in [0.29, 0.717) is 12.2 Å². The normalized spacial score (nSPS) is 10.2. The molecule has 2 rings (SSSR count). The first kappa shape index (κ1) is 14.1. The van der Waals surface area contributed by atoms with Gasteiger partial charge in [-0.25, -0.2) is 4.79 Å². The average molecular weight is 269 g/mol. The molecule has 1 N–H and O–H groups in total. The number of aryl methyl sites for hydroxylation is 2. The fourth-order valence-corrected chi connectivity index (χ4v) is 2.06. The number of anilines is 2. The van der Waals surface area contributed by atoms with E-state index in [1.165, 1.54) is 11.1 Å². The standard InChI is InChI=1S/C17H19NO2/c1-4-20-17(19)14-8-10-15(11-9-14)18-16-12(2)6-5-7-13(16)3/h5-11,18H,4H2,1-3H3. The lowest BCUT2D eigenvalue weighted by atomic mass is 10.1. The summed E-state index contributed by atoms with van der Waals surface area (Å²) < 4.78 is 4.96. The number of carbonyl (C=O) groups excluding carboxylic acids is 1. The quantitative estimate of drug-likeness (QED) is 0.844. The summed E-state index contributed by atoms with van der Waals surface area (Å²) in [6.07, 6.45) is 0. The van der Waals surface area contributed by atoms with Crippen molar-refractivity contribution in [2.45, 2.75) is 20.8 Å². The van der Waals surface area contributed by atoms with Gasteiger partial charge in [-0.1, -0.05) is 18.2 Å². The molecule has 20 heavy (non-hydrogen) atoms. The van der Waals surface area contributed by atoms with Crippen LogP contribution >= 0.6 is 0 Å². The molecule has 0 fully saturated rings.